The normalized spacial score (nSPS) is 12.0. The average molecular weight is 344 g/mol. The maximum Gasteiger partial charge on any atom is 0.310 e. The third kappa shape index (κ3) is 14.5. The molecule has 5 heteroatoms. The predicted molar refractivity (Wildman–Crippen MR) is 96.9 cm³/mol. The Balaban J connectivity index is 3.36. The summed E-state index contributed by atoms with van der Waals surface area (Å²) in [6, 6.07) is 0. The Morgan fingerprint density at radius 1 is 0.917 bits per heavy atom. The van der Waals surface area contributed by atoms with Crippen molar-refractivity contribution >= 4 is 11.9 Å². The lowest BCUT2D eigenvalue weighted by atomic mass is 10.1. The zero-order valence-electron chi connectivity index (χ0n) is 15.9. The van der Waals surface area contributed by atoms with Crippen molar-refractivity contribution in [3.05, 3.63) is 0 Å². The Labute approximate surface area is 147 Å². The van der Waals surface area contributed by atoms with Gasteiger partial charge in [0, 0.05) is 26.7 Å². The van der Waals surface area contributed by atoms with Crippen LogP contribution in [0.4, 0.5) is 0 Å². The van der Waals surface area contributed by atoms with E-state index in [1.807, 2.05) is 0 Å². The number of carbonyl (C=O) groups is 2. The third-order valence-corrected chi connectivity index (χ3v) is 4.05. The summed E-state index contributed by atoms with van der Waals surface area (Å²) in [5, 5.41) is 2.81. The number of ether oxygens (including phenoxy) is 2. The molecule has 0 aliphatic carbocycles. The van der Waals surface area contributed by atoms with Crippen molar-refractivity contribution in [1.82, 2.24) is 5.32 Å². The van der Waals surface area contributed by atoms with Crippen molar-refractivity contribution in [2.45, 2.75) is 78.1 Å². The van der Waals surface area contributed by atoms with Gasteiger partial charge in [-0.05, 0) is 19.8 Å². The van der Waals surface area contributed by atoms with Gasteiger partial charge in [-0.1, -0.05) is 51.9 Å². The summed E-state index contributed by atoms with van der Waals surface area (Å²) in [5.41, 5.74) is 0. The molecule has 0 aliphatic heterocycles. The van der Waals surface area contributed by atoms with Gasteiger partial charge in [0.05, 0.1) is 12.5 Å². The number of unbranched alkanes of at least 4 members (excludes halogenated alkanes) is 8. The summed E-state index contributed by atoms with van der Waals surface area (Å²) in [7, 11) is 1.75. The molecule has 0 aromatic rings. The molecule has 0 aliphatic rings. The molecule has 1 atom stereocenters. The van der Waals surface area contributed by atoms with E-state index in [1.54, 1.807) is 21.0 Å². The molecule has 0 aromatic carbocycles. The van der Waals surface area contributed by atoms with Crippen LogP contribution in [0.5, 0.6) is 0 Å². The maximum atomic E-state index is 11.7. The molecule has 1 unspecified atom stereocenters. The number of methoxy groups -OCH3 is 1. The molecule has 0 spiro atoms. The number of hydrogen-bond donors (Lipinski definition) is 1. The van der Waals surface area contributed by atoms with Gasteiger partial charge >= 0.3 is 5.97 Å². The second-order valence-electron chi connectivity index (χ2n) is 6.38. The molecule has 0 saturated carbocycles. The first-order chi connectivity index (χ1) is 11.6. The number of esters is 1. The van der Waals surface area contributed by atoms with Gasteiger partial charge in [0.15, 0.2) is 0 Å². The lowest BCUT2D eigenvalue weighted by Gasteiger charge is -2.11. The van der Waals surface area contributed by atoms with E-state index in [4.69, 9.17) is 9.47 Å². The average Bonchev–Trinajstić information content (AvgIpc) is 2.57. The van der Waals surface area contributed by atoms with Gasteiger partial charge in [-0.15, -0.1) is 0 Å². The minimum absolute atomic E-state index is 0.0318. The number of nitrogens with one attached hydrogen (secondary N) is 1. The van der Waals surface area contributed by atoms with Crippen LogP contribution in [-0.2, 0) is 19.1 Å². The van der Waals surface area contributed by atoms with Crippen molar-refractivity contribution in [2.75, 3.05) is 26.9 Å². The molecular weight excluding hydrogens is 306 g/mol. The monoisotopic (exact) mass is 343 g/mol. The van der Waals surface area contributed by atoms with E-state index in [-0.39, 0.29) is 17.8 Å². The van der Waals surface area contributed by atoms with E-state index in [1.165, 1.54) is 44.9 Å². The molecule has 0 saturated heterocycles. The highest BCUT2D eigenvalue weighted by atomic mass is 16.5. The number of carbonyl (C=O) groups excluding carboxylic acids is 2. The molecule has 0 rings (SSSR count). The Morgan fingerprint density at radius 2 is 1.46 bits per heavy atom. The highest BCUT2D eigenvalue weighted by molar-refractivity contribution is 5.77. The van der Waals surface area contributed by atoms with E-state index in [0.717, 1.165) is 19.4 Å². The Bertz CT molecular complexity index is 320. The lowest BCUT2D eigenvalue weighted by molar-refractivity contribution is -0.147. The van der Waals surface area contributed by atoms with Gasteiger partial charge in [-0.25, -0.2) is 0 Å². The van der Waals surface area contributed by atoms with Crippen LogP contribution < -0.4 is 5.32 Å². The first-order valence-corrected chi connectivity index (χ1v) is 9.54. The molecule has 142 valence electrons. The first-order valence-electron chi connectivity index (χ1n) is 9.54. The second-order valence-corrected chi connectivity index (χ2v) is 6.38. The molecule has 0 aromatic heterocycles. The lowest BCUT2D eigenvalue weighted by Crippen LogP contribution is -2.32. The first kappa shape index (κ1) is 22.9. The van der Waals surface area contributed by atoms with E-state index in [2.05, 4.69) is 5.32 Å². The van der Waals surface area contributed by atoms with Crippen molar-refractivity contribution in [2.24, 2.45) is 5.92 Å². The SMILES string of the molecule is CCOC(=O)C(C)CNC(=O)CCCCCCCCCCCOC. The minimum Gasteiger partial charge on any atom is -0.466 e. The molecule has 1 N–H and O–H groups in total. The van der Waals surface area contributed by atoms with Gasteiger partial charge in [-0.3, -0.25) is 9.59 Å². The third-order valence-electron chi connectivity index (χ3n) is 4.05. The van der Waals surface area contributed by atoms with Crippen LogP contribution in [-0.4, -0.2) is 38.7 Å². The Hall–Kier alpha value is -1.10. The van der Waals surface area contributed by atoms with Gasteiger partial charge < -0.3 is 14.8 Å². The molecule has 24 heavy (non-hydrogen) atoms. The highest BCUT2D eigenvalue weighted by Gasteiger charge is 2.14. The van der Waals surface area contributed by atoms with Gasteiger partial charge in [0.1, 0.15) is 0 Å². The largest absolute Gasteiger partial charge is 0.466 e. The second kappa shape index (κ2) is 16.7. The molecular formula is C19H37NO4. The van der Waals surface area contributed by atoms with Crippen LogP contribution in [0.3, 0.4) is 0 Å². The fourth-order valence-corrected chi connectivity index (χ4v) is 2.49. The van der Waals surface area contributed by atoms with E-state index < -0.39 is 0 Å². The fourth-order valence-electron chi connectivity index (χ4n) is 2.49. The van der Waals surface area contributed by atoms with Crippen LogP contribution in [0, 0.1) is 5.92 Å². The summed E-state index contributed by atoms with van der Waals surface area (Å²) in [5.74, 6) is -0.498. The van der Waals surface area contributed by atoms with Crippen molar-refractivity contribution in [3.63, 3.8) is 0 Å². The van der Waals surface area contributed by atoms with Crippen molar-refractivity contribution in [3.8, 4) is 0 Å². The summed E-state index contributed by atoms with van der Waals surface area (Å²) < 4.78 is 9.94. The van der Waals surface area contributed by atoms with Crippen molar-refractivity contribution in [1.29, 1.82) is 0 Å². The zero-order valence-corrected chi connectivity index (χ0v) is 15.9. The Kier molecular flexibility index (Phi) is 16.0. The van der Waals surface area contributed by atoms with Crippen molar-refractivity contribution < 1.29 is 19.1 Å². The molecule has 1 amide bonds. The van der Waals surface area contributed by atoms with Gasteiger partial charge in [0.2, 0.25) is 5.91 Å². The van der Waals surface area contributed by atoms with Crippen LogP contribution >= 0.6 is 0 Å². The highest BCUT2D eigenvalue weighted by Crippen LogP contribution is 2.10. The maximum absolute atomic E-state index is 11.7. The molecule has 0 heterocycles. The standard InChI is InChI=1S/C19H37NO4/c1-4-24-19(22)17(2)16-20-18(21)14-12-10-8-6-5-7-9-11-13-15-23-3/h17H,4-16H2,1-3H3,(H,20,21). The van der Waals surface area contributed by atoms with Gasteiger partial charge in [-0.2, -0.15) is 0 Å². The summed E-state index contributed by atoms with van der Waals surface area (Å²) in [4.78, 5) is 23.1. The zero-order chi connectivity index (χ0) is 18.0. The van der Waals surface area contributed by atoms with Crippen LogP contribution in [0.1, 0.15) is 78.1 Å². The Morgan fingerprint density at radius 3 is 2.00 bits per heavy atom. The van der Waals surface area contributed by atoms with Crippen LogP contribution in [0.2, 0.25) is 0 Å². The van der Waals surface area contributed by atoms with Crippen LogP contribution in [0.15, 0.2) is 0 Å². The smallest absolute Gasteiger partial charge is 0.310 e. The van der Waals surface area contributed by atoms with Gasteiger partial charge in [0.25, 0.3) is 0 Å². The predicted octanol–water partition coefficient (Wildman–Crippen LogP) is 3.85. The minimum atomic E-state index is -0.280. The summed E-state index contributed by atoms with van der Waals surface area (Å²) >= 11 is 0. The van der Waals surface area contributed by atoms with E-state index in [9.17, 15) is 9.59 Å². The molecule has 0 bridgehead atoms. The van der Waals surface area contributed by atoms with Crippen LogP contribution in [0.25, 0.3) is 0 Å². The summed E-state index contributed by atoms with van der Waals surface area (Å²) in [6.45, 7) is 5.17. The fraction of sp³-hybridized carbons (Fsp3) is 0.895. The molecule has 5 nitrogen and oxygen atoms in total. The topological polar surface area (TPSA) is 64.6 Å². The van der Waals surface area contributed by atoms with E-state index in [0.29, 0.717) is 19.6 Å². The molecule has 0 radical (unpaired) electrons. The number of amides is 1. The molecule has 0 fully saturated rings. The number of rotatable bonds is 16. The van der Waals surface area contributed by atoms with E-state index >= 15 is 0 Å². The quantitative estimate of drug-likeness (QED) is 0.341. The number of hydrogen-bond acceptors (Lipinski definition) is 4. The summed E-state index contributed by atoms with van der Waals surface area (Å²) in [6.07, 6.45) is 11.3.